The van der Waals surface area contributed by atoms with Crippen molar-refractivity contribution < 1.29 is 30.6 Å². The number of aliphatic hydroxyl groups is 6. The monoisotopic (exact) mass is 478 g/mol. The molecule has 174 valence electrons. The fourth-order valence-electron chi connectivity index (χ4n) is 3.07. The third kappa shape index (κ3) is 6.78. The largest absolute Gasteiger partial charge is 0.509 e. The van der Waals surface area contributed by atoms with Crippen LogP contribution in [0.25, 0.3) is 12.2 Å². The summed E-state index contributed by atoms with van der Waals surface area (Å²) >= 11 is 2.37. The Hall–Kier alpha value is -1.94. The zero-order chi connectivity index (χ0) is 23.7. The van der Waals surface area contributed by atoms with E-state index in [0.717, 1.165) is 22.4 Å². The Morgan fingerprint density at radius 3 is 2.12 bits per heavy atom. The van der Waals surface area contributed by atoms with E-state index in [4.69, 9.17) is 0 Å². The molecule has 0 unspecified atom stereocenters. The van der Waals surface area contributed by atoms with E-state index >= 15 is 0 Å². The average Bonchev–Trinajstić information content (AvgIpc) is 2.78. The van der Waals surface area contributed by atoms with Crippen LogP contribution >= 0.6 is 23.5 Å². The molecule has 0 fully saturated rings. The van der Waals surface area contributed by atoms with Gasteiger partial charge >= 0.3 is 0 Å². The first-order valence-corrected chi connectivity index (χ1v) is 12.2. The van der Waals surface area contributed by atoms with E-state index in [2.05, 4.69) is 0 Å². The lowest BCUT2D eigenvalue weighted by Gasteiger charge is -2.37. The maximum absolute atomic E-state index is 11.1. The van der Waals surface area contributed by atoms with E-state index in [9.17, 15) is 30.6 Å². The predicted octanol–water partition coefficient (Wildman–Crippen LogP) is 3.82. The molecular formula is C24H30O6S2. The number of thioether (sulfide) groups is 2. The molecule has 0 amide bonds. The van der Waals surface area contributed by atoms with E-state index in [-0.39, 0.29) is 5.75 Å². The topological polar surface area (TPSA) is 121 Å². The Kier molecular flexibility index (Phi) is 10.1. The normalized spacial score (nSPS) is 17.4. The standard InChI is InChI=1S/C24H30O6S2/c1-3-31-18-12-8-11-17(13-18)15-20(26)22(28)24(30,32-4-2)23(29)21(27)19(25)14-16-9-6-5-7-10-16/h5-15,21-23,25-30H,3-4H2,1-2H3/t21-,22+,23-,24+/m1/s1. The lowest BCUT2D eigenvalue weighted by atomic mass is 9.98. The summed E-state index contributed by atoms with van der Waals surface area (Å²) in [6.07, 6.45) is -3.27. The van der Waals surface area contributed by atoms with Gasteiger partial charge in [0.15, 0.2) is 11.0 Å². The number of hydrogen-bond donors (Lipinski definition) is 6. The molecule has 0 radical (unpaired) electrons. The van der Waals surface area contributed by atoms with Crippen LogP contribution in [0.1, 0.15) is 25.0 Å². The molecule has 6 nitrogen and oxygen atoms in total. The highest BCUT2D eigenvalue weighted by Crippen LogP contribution is 2.36. The third-order valence-corrected chi connectivity index (χ3v) is 6.76. The van der Waals surface area contributed by atoms with Crippen molar-refractivity contribution in [3.8, 4) is 0 Å². The van der Waals surface area contributed by atoms with Crippen molar-refractivity contribution >= 4 is 35.7 Å². The van der Waals surface area contributed by atoms with Crippen LogP contribution < -0.4 is 0 Å². The van der Waals surface area contributed by atoms with Crippen LogP contribution in [0.2, 0.25) is 0 Å². The van der Waals surface area contributed by atoms with Gasteiger partial charge in [-0.05, 0) is 46.9 Å². The molecule has 0 aliphatic carbocycles. The van der Waals surface area contributed by atoms with Gasteiger partial charge in [-0.3, -0.25) is 0 Å². The second-order valence-electron chi connectivity index (χ2n) is 7.03. The molecule has 4 atom stereocenters. The first kappa shape index (κ1) is 26.3. The van der Waals surface area contributed by atoms with Crippen molar-refractivity contribution in [3.05, 3.63) is 77.2 Å². The minimum atomic E-state index is -2.39. The van der Waals surface area contributed by atoms with Gasteiger partial charge in [0.2, 0.25) is 0 Å². The first-order chi connectivity index (χ1) is 15.2. The smallest absolute Gasteiger partial charge is 0.172 e. The molecule has 0 saturated carbocycles. The molecule has 2 rings (SSSR count). The lowest BCUT2D eigenvalue weighted by Crippen LogP contribution is -2.55. The van der Waals surface area contributed by atoms with Crippen molar-refractivity contribution in [1.82, 2.24) is 0 Å². The zero-order valence-corrected chi connectivity index (χ0v) is 19.6. The summed E-state index contributed by atoms with van der Waals surface area (Å²) in [6, 6.07) is 15.9. The van der Waals surface area contributed by atoms with Crippen molar-refractivity contribution in [3.63, 3.8) is 0 Å². The molecule has 32 heavy (non-hydrogen) atoms. The van der Waals surface area contributed by atoms with Crippen molar-refractivity contribution in [2.75, 3.05) is 11.5 Å². The van der Waals surface area contributed by atoms with Crippen LogP contribution in [0, 0.1) is 0 Å². The van der Waals surface area contributed by atoms with Crippen molar-refractivity contribution in [1.29, 1.82) is 0 Å². The molecule has 0 spiro atoms. The van der Waals surface area contributed by atoms with Gasteiger partial charge in [-0.25, -0.2) is 0 Å². The van der Waals surface area contributed by atoms with E-state index in [1.54, 1.807) is 55.1 Å². The van der Waals surface area contributed by atoms with E-state index in [1.165, 1.54) is 12.2 Å². The Bertz CT molecular complexity index is 918. The summed E-state index contributed by atoms with van der Waals surface area (Å²) in [5.74, 6) is -0.0292. The zero-order valence-electron chi connectivity index (χ0n) is 18.0. The van der Waals surface area contributed by atoms with Crippen LogP contribution in [0.3, 0.4) is 0 Å². The van der Waals surface area contributed by atoms with Gasteiger partial charge in [0.05, 0.1) is 0 Å². The van der Waals surface area contributed by atoms with Gasteiger partial charge in [0.25, 0.3) is 0 Å². The molecule has 0 aliphatic rings. The highest BCUT2D eigenvalue weighted by Gasteiger charge is 2.49. The minimum Gasteiger partial charge on any atom is -0.509 e. The molecule has 0 bridgehead atoms. The molecule has 8 heteroatoms. The molecule has 0 aromatic heterocycles. The fourth-order valence-corrected chi connectivity index (χ4v) is 4.84. The molecule has 2 aromatic rings. The second kappa shape index (κ2) is 12.3. The van der Waals surface area contributed by atoms with Crippen LogP contribution in [0.15, 0.2) is 71.0 Å². The SMILES string of the molecule is CCSc1cccc(C=C(O)[C@H](O)[C@](O)(SCC)[C@H](O)[C@H](O)C(O)=Cc2ccccc2)c1. The van der Waals surface area contributed by atoms with E-state index in [0.29, 0.717) is 11.1 Å². The van der Waals surface area contributed by atoms with Crippen LogP contribution in [-0.2, 0) is 0 Å². The van der Waals surface area contributed by atoms with Gasteiger partial charge in [0.1, 0.15) is 23.7 Å². The summed E-state index contributed by atoms with van der Waals surface area (Å²) in [7, 11) is 0. The van der Waals surface area contributed by atoms with Crippen molar-refractivity contribution in [2.45, 2.75) is 42.0 Å². The molecular weight excluding hydrogens is 448 g/mol. The van der Waals surface area contributed by atoms with Crippen LogP contribution in [0.4, 0.5) is 0 Å². The van der Waals surface area contributed by atoms with Gasteiger partial charge in [-0.15, -0.1) is 23.5 Å². The highest BCUT2D eigenvalue weighted by molar-refractivity contribution is 8.00. The Labute approximate surface area is 197 Å². The van der Waals surface area contributed by atoms with E-state index in [1.807, 2.05) is 25.1 Å². The number of hydrogen-bond acceptors (Lipinski definition) is 8. The van der Waals surface area contributed by atoms with Gasteiger partial charge < -0.3 is 30.6 Å². The molecule has 0 heterocycles. The highest BCUT2D eigenvalue weighted by atomic mass is 32.2. The van der Waals surface area contributed by atoms with Crippen LogP contribution in [0.5, 0.6) is 0 Å². The van der Waals surface area contributed by atoms with Gasteiger partial charge in [-0.1, -0.05) is 56.3 Å². The first-order valence-electron chi connectivity index (χ1n) is 10.2. The number of rotatable bonds is 11. The average molecular weight is 479 g/mol. The summed E-state index contributed by atoms with van der Waals surface area (Å²) < 4.78 is 0. The fraction of sp³-hybridized carbons (Fsp3) is 0.333. The Morgan fingerprint density at radius 2 is 1.50 bits per heavy atom. The molecule has 2 aromatic carbocycles. The minimum absolute atomic E-state index is 0.260. The lowest BCUT2D eigenvalue weighted by molar-refractivity contribution is -0.120. The van der Waals surface area contributed by atoms with E-state index < -0.39 is 34.8 Å². The Morgan fingerprint density at radius 1 is 0.875 bits per heavy atom. The molecule has 6 N–H and O–H groups in total. The Balaban J connectivity index is 2.30. The quantitative estimate of drug-likeness (QED) is 0.164. The van der Waals surface area contributed by atoms with Crippen molar-refractivity contribution in [2.24, 2.45) is 0 Å². The summed E-state index contributed by atoms with van der Waals surface area (Å²) in [5, 5.41) is 63.8. The molecule has 0 saturated heterocycles. The number of aliphatic hydroxyl groups excluding tert-OH is 5. The number of benzene rings is 2. The molecule has 0 aliphatic heterocycles. The van der Waals surface area contributed by atoms with Crippen LogP contribution in [-0.4, -0.2) is 65.4 Å². The summed E-state index contributed by atoms with van der Waals surface area (Å²) in [4.78, 5) is -1.41. The summed E-state index contributed by atoms with van der Waals surface area (Å²) in [6.45, 7) is 3.71. The van der Waals surface area contributed by atoms with Gasteiger partial charge in [-0.2, -0.15) is 0 Å². The maximum Gasteiger partial charge on any atom is 0.172 e. The van der Waals surface area contributed by atoms with Gasteiger partial charge in [0, 0.05) is 4.90 Å². The third-order valence-electron chi connectivity index (χ3n) is 4.67. The second-order valence-corrected chi connectivity index (χ2v) is 9.89. The predicted molar refractivity (Wildman–Crippen MR) is 132 cm³/mol. The maximum atomic E-state index is 11.1. The summed E-state index contributed by atoms with van der Waals surface area (Å²) in [5.41, 5.74) is 1.18.